The van der Waals surface area contributed by atoms with Crippen LogP contribution < -0.4 is 4.90 Å². The minimum Gasteiger partial charge on any atom is -0.310 e. The molecule has 0 atom stereocenters. The highest BCUT2D eigenvalue weighted by molar-refractivity contribution is 7.26. The predicted molar refractivity (Wildman–Crippen MR) is 254 cm³/mol. The molecule has 60 heavy (non-hydrogen) atoms. The monoisotopic (exact) mass is 782 g/mol. The first-order valence-electron chi connectivity index (χ1n) is 20.9. The molecule has 1 spiro atoms. The molecule has 0 saturated heterocycles. The smallest absolute Gasteiger partial charge is 0.0554 e. The Kier molecular flexibility index (Phi) is 7.25. The van der Waals surface area contributed by atoms with Gasteiger partial charge in [-0.25, -0.2) is 0 Å². The molecular weight excluding hydrogens is 745 g/mol. The first kappa shape index (κ1) is 33.7. The van der Waals surface area contributed by atoms with Gasteiger partial charge in [-0.15, -0.1) is 11.3 Å². The van der Waals surface area contributed by atoms with Gasteiger partial charge in [-0.05, 0) is 124 Å². The van der Waals surface area contributed by atoms with Gasteiger partial charge in [0.25, 0.3) is 0 Å². The highest BCUT2D eigenvalue weighted by Crippen LogP contribution is 2.57. The Morgan fingerprint density at radius 2 is 1.08 bits per heavy atom. The van der Waals surface area contributed by atoms with Crippen molar-refractivity contribution in [2.45, 2.75) is 18.3 Å². The van der Waals surface area contributed by atoms with Gasteiger partial charge in [0.05, 0.1) is 16.7 Å². The maximum absolute atomic E-state index is 2.53. The molecule has 282 valence electrons. The Bertz CT molecular complexity index is 3470. The lowest BCUT2D eigenvalue weighted by Gasteiger charge is -2.30. The van der Waals surface area contributed by atoms with Crippen molar-refractivity contribution in [1.82, 2.24) is 4.57 Å². The van der Waals surface area contributed by atoms with Crippen LogP contribution in [0, 0.1) is 0 Å². The van der Waals surface area contributed by atoms with Crippen molar-refractivity contribution in [2.75, 3.05) is 4.90 Å². The van der Waals surface area contributed by atoms with Crippen LogP contribution in [0.25, 0.3) is 69.9 Å². The molecule has 0 unspecified atom stereocenters. The highest BCUT2D eigenvalue weighted by atomic mass is 32.1. The fourth-order valence-electron chi connectivity index (χ4n) is 10.8. The van der Waals surface area contributed by atoms with Gasteiger partial charge >= 0.3 is 0 Å². The molecule has 0 saturated carbocycles. The molecule has 13 rings (SSSR count). The number of rotatable bonds is 5. The van der Waals surface area contributed by atoms with Crippen LogP contribution in [-0.2, 0) is 18.3 Å². The van der Waals surface area contributed by atoms with Crippen LogP contribution in [0.1, 0.15) is 22.3 Å². The van der Waals surface area contributed by atoms with E-state index in [1.165, 1.54) is 104 Å². The normalized spacial score (nSPS) is 13.7. The highest BCUT2D eigenvalue weighted by Gasteiger charge is 2.47. The second-order valence-corrected chi connectivity index (χ2v) is 17.6. The molecule has 2 aliphatic rings. The Hall–Kier alpha value is -7.20. The fourth-order valence-corrected chi connectivity index (χ4v) is 11.9. The molecule has 0 radical (unpaired) electrons. The van der Waals surface area contributed by atoms with Crippen LogP contribution in [0.3, 0.4) is 0 Å². The molecule has 0 fully saturated rings. The molecular formula is C57H38N2S. The molecule has 0 N–H and O–H groups in total. The zero-order chi connectivity index (χ0) is 39.4. The summed E-state index contributed by atoms with van der Waals surface area (Å²) in [7, 11) is 0. The van der Waals surface area contributed by atoms with Crippen molar-refractivity contribution in [2.24, 2.45) is 0 Å². The SMILES string of the molecule is c1ccc(-n2c3ccccc3c3ccc(-c4ccc(N(c5ccc6c(c5)C5(Cc7ccccc7C5)c5ccccc5-6)c5cccc6sc7ccccc7c56)cc4)cc32)cc1. The zero-order valence-electron chi connectivity index (χ0n) is 32.8. The lowest BCUT2D eigenvalue weighted by molar-refractivity contribution is 0.563. The van der Waals surface area contributed by atoms with Crippen molar-refractivity contribution in [3.05, 3.63) is 229 Å². The van der Waals surface area contributed by atoms with Gasteiger partial charge in [-0.1, -0.05) is 140 Å². The van der Waals surface area contributed by atoms with E-state index in [0.29, 0.717) is 0 Å². The molecule has 2 nitrogen and oxygen atoms in total. The van der Waals surface area contributed by atoms with E-state index < -0.39 is 0 Å². The predicted octanol–water partition coefficient (Wildman–Crippen LogP) is 15.4. The van der Waals surface area contributed by atoms with Gasteiger partial charge in [0.1, 0.15) is 0 Å². The number of para-hydroxylation sites is 2. The van der Waals surface area contributed by atoms with E-state index >= 15 is 0 Å². The van der Waals surface area contributed by atoms with E-state index in [1.54, 1.807) is 0 Å². The quantitative estimate of drug-likeness (QED) is 0.169. The number of benzene rings is 9. The summed E-state index contributed by atoms with van der Waals surface area (Å²) >= 11 is 1.88. The third kappa shape index (κ3) is 4.87. The molecule has 0 bridgehead atoms. The number of thiophene rings is 1. The Morgan fingerprint density at radius 3 is 1.93 bits per heavy atom. The summed E-state index contributed by atoms with van der Waals surface area (Å²) in [6.45, 7) is 0. The summed E-state index contributed by atoms with van der Waals surface area (Å²) in [4.78, 5) is 2.51. The van der Waals surface area contributed by atoms with Crippen molar-refractivity contribution in [1.29, 1.82) is 0 Å². The number of hydrogen-bond donors (Lipinski definition) is 0. The number of nitrogens with zero attached hydrogens (tertiary/aromatic N) is 2. The average Bonchev–Trinajstić information content (AvgIpc) is 4.05. The summed E-state index contributed by atoms with van der Waals surface area (Å²) in [5.41, 5.74) is 18.0. The van der Waals surface area contributed by atoms with Crippen LogP contribution in [-0.4, -0.2) is 4.57 Å². The summed E-state index contributed by atoms with van der Waals surface area (Å²) in [6.07, 6.45) is 2.04. The summed E-state index contributed by atoms with van der Waals surface area (Å²) in [5.74, 6) is 0. The molecule has 9 aromatic carbocycles. The third-order valence-corrected chi connectivity index (χ3v) is 14.5. The maximum atomic E-state index is 2.53. The molecule has 0 amide bonds. The standard InChI is InChI=1S/C57H38N2S/c1-2-15-41(16-3-1)59-51-21-10-7-18-46(51)47-31-27-38(33-53(47)59)37-25-28-42(29-26-37)58(52-22-12-24-55-56(52)48-19-8-11-23-54(48)60-55)43-30-32-45-44-17-6-9-20-49(44)57(50(45)34-43)35-39-13-4-5-14-40(39)36-57/h1-34H,35-36H2. The molecule has 11 aromatic rings. The molecule has 2 heterocycles. The second-order valence-electron chi connectivity index (χ2n) is 16.5. The maximum Gasteiger partial charge on any atom is 0.0554 e. The molecule has 3 heteroatoms. The van der Waals surface area contributed by atoms with E-state index in [4.69, 9.17) is 0 Å². The van der Waals surface area contributed by atoms with Crippen LogP contribution in [0.5, 0.6) is 0 Å². The topological polar surface area (TPSA) is 8.17 Å². The minimum absolute atomic E-state index is 0.0941. The number of fused-ring (bicyclic) bond motifs is 12. The van der Waals surface area contributed by atoms with Gasteiger partial charge in [-0.3, -0.25) is 0 Å². The number of anilines is 3. The van der Waals surface area contributed by atoms with E-state index in [1.807, 2.05) is 11.3 Å². The lowest BCUT2D eigenvalue weighted by Crippen LogP contribution is -2.26. The fraction of sp³-hybridized carbons (Fsp3) is 0.0526. The first-order chi connectivity index (χ1) is 29.7. The van der Waals surface area contributed by atoms with Gasteiger partial charge < -0.3 is 9.47 Å². The lowest BCUT2D eigenvalue weighted by atomic mass is 9.75. The van der Waals surface area contributed by atoms with E-state index in [0.717, 1.165) is 18.5 Å². The van der Waals surface area contributed by atoms with E-state index in [9.17, 15) is 0 Å². The molecule has 2 aromatic heterocycles. The minimum atomic E-state index is -0.0941. The molecule has 0 aliphatic heterocycles. The number of hydrogen-bond acceptors (Lipinski definition) is 2. The van der Waals surface area contributed by atoms with Crippen LogP contribution >= 0.6 is 11.3 Å². The first-order valence-corrected chi connectivity index (χ1v) is 21.7. The number of aromatic nitrogens is 1. The second kappa shape index (κ2) is 12.9. The largest absolute Gasteiger partial charge is 0.310 e. The van der Waals surface area contributed by atoms with Crippen molar-refractivity contribution >= 4 is 70.4 Å². The van der Waals surface area contributed by atoms with E-state index in [2.05, 4.69) is 216 Å². The van der Waals surface area contributed by atoms with Crippen molar-refractivity contribution in [3.63, 3.8) is 0 Å². The zero-order valence-corrected chi connectivity index (χ0v) is 33.7. The van der Waals surface area contributed by atoms with Crippen molar-refractivity contribution < 1.29 is 0 Å². The Morgan fingerprint density at radius 1 is 0.433 bits per heavy atom. The van der Waals surface area contributed by atoms with Crippen molar-refractivity contribution in [3.8, 4) is 27.9 Å². The van der Waals surface area contributed by atoms with Gasteiger partial charge in [0.2, 0.25) is 0 Å². The van der Waals surface area contributed by atoms with Gasteiger partial charge in [-0.2, -0.15) is 0 Å². The summed E-state index contributed by atoms with van der Waals surface area (Å²) < 4.78 is 5.01. The summed E-state index contributed by atoms with van der Waals surface area (Å²) in [6, 6.07) is 76.9. The van der Waals surface area contributed by atoms with Crippen LogP contribution in [0.15, 0.2) is 206 Å². The van der Waals surface area contributed by atoms with Gasteiger partial charge in [0.15, 0.2) is 0 Å². The Labute approximate surface area is 352 Å². The molecule has 2 aliphatic carbocycles. The van der Waals surface area contributed by atoms with Gasteiger partial charge in [0, 0.05) is 53.4 Å². The third-order valence-electron chi connectivity index (χ3n) is 13.4. The Balaban J connectivity index is 0.988. The van der Waals surface area contributed by atoms with Crippen LogP contribution in [0.2, 0.25) is 0 Å². The summed E-state index contributed by atoms with van der Waals surface area (Å²) in [5, 5.41) is 5.13. The van der Waals surface area contributed by atoms with Crippen LogP contribution in [0.4, 0.5) is 17.1 Å². The average molecular weight is 783 g/mol. The van der Waals surface area contributed by atoms with E-state index in [-0.39, 0.29) is 5.41 Å².